The SMILES string of the molecule is CC(C)(C)CC(C)(C)NCc1c(OCc2c(F)cccc2Cl)ccc2ccccc12. The fourth-order valence-corrected chi connectivity index (χ4v) is 4.39. The quantitative estimate of drug-likeness (QED) is 0.421. The van der Waals surface area contributed by atoms with E-state index in [4.69, 9.17) is 16.3 Å². The molecule has 0 atom stereocenters. The van der Waals surface area contributed by atoms with Crippen LogP contribution in [-0.4, -0.2) is 5.54 Å². The first-order valence-corrected chi connectivity index (χ1v) is 10.7. The van der Waals surface area contributed by atoms with Gasteiger partial charge >= 0.3 is 0 Å². The predicted molar refractivity (Wildman–Crippen MR) is 125 cm³/mol. The highest BCUT2D eigenvalue weighted by Crippen LogP contribution is 2.32. The zero-order valence-electron chi connectivity index (χ0n) is 18.5. The summed E-state index contributed by atoms with van der Waals surface area (Å²) < 4.78 is 20.3. The third-order valence-electron chi connectivity index (χ3n) is 5.15. The molecule has 4 heteroatoms. The number of benzene rings is 3. The second-order valence-electron chi connectivity index (χ2n) is 9.73. The van der Waals surface area contributed by atoms with Gasteiger partial charge in [0.05, 0.1) is 5.02 Å². The summed E-state index contributed by atoms with van der Waals surface area (Å²) in [4.78, 5) is 0. The van der Waals surface area contributed by atoms with Gasteiger partial charge in [-0.3, -0.25) is 0 Å². The van der Waals surface area contributed by atoms with Crippen molar-refractivity contribution < 1.29 is 9.13 Å². The third kappa shape index (κ3) is 5.74. The van der Waals surface area contributed by atoms with Gasteiger partial charge in [0.15, 0.2) is 0 Å². The second kappa shape index (κ2) is 8.95. The molecule has 160 valence electrons. The zero-order chi connectivity index (χ0) is 21.9. The molecular weight excluding hydrogens is 397 g/mol. The summed E-state index contributed by atoms with van der Waals surface area (Å²) in [6, 6.07) is 16.9. The maximum atomic E-state index is 14.2. The first-order valence-electron chi connectivity index (χ1n) is 10.4. The van der Waals surface area contributed by atoms with Gasteiger partial charge in [-0.25, -0.2) is 4.39 Å². The van der Waals surface area contributed by atoms with Crippen molar-refractivity contribution in [1.82, 2.24) is 5.32 Å². The van der Waals surface area contributed by atoms with E-state index in [0.717, 1.165) is 28.5 Å². The summed E-state index contributed by atoms with van der Waals surface area (Å²) in [6.07, 6.45) is 1.03. The minimum Gasteiger partial charge on any atom is -0.488 e. The van der Waals surface area contributed by atoms with Crippen LogP contribution in [0.15, 0.2) is 54.6 Å². The van der Waals surface area contributed by atoms with Crippen molar-refractivity contribution in [2.45, 2.75) is 59.7 Å². The van der Waals surface area contributed by atoms with E-state index in [0.29, 0.717) is 17.1 Å². The molecule has 1 N–H and O–H groups in total. The Morgan fingerprint density at radius 2 is 1.63 bits per heavy atom. The number of nitrogens with one attached hydrogen (secondary N) is 1. The fraction of sp³-hybridized carbons (Fsp3) is 0.385. The molecule has 0 heterocycles. The van der Waals surface area contributed by atoms with Crippen molar-refractivity contribution in [2.24, 2.45) is 5.41 Å². The molecule has 3 aromatic rings. The van der Waals surface area contributed by atoms with Crippen LogP contribution in [0.1, 0.15) is 52.2 Å². The molecule has 0 unspecified atom stereocenters. The molecule has 2 nitrogen and oxygen atoms in total. The molecular formula is C26H31ClFNO. The van der Waals surface area contributed by atoms with E-state index < -0.39 is 0 Å². The lowest BCUT2D eigenvalue weighted by molar-refractivity contribution is 0.239. The fourth-order valence-electron chi connectivity index (χ4n) is 4.17. The van der Waals surface area contributed by atoms with Crippen molar-refractivity contribution in [3.63, 3.8) is 0 Å². The second-order valence-corrected chi connectivity index (χ2v) is 10.1. The molecule has 0 radical (unpaired) electrons. The molecule has 0 aliphatic rings. The molecule has 0 aliphatic carbocycles. The van der Waals surface area contributed by atoms with Gasteiger partial charge in [-0.15, -0.1) is 0 Å². The number of fused-ring (bicyclic) bond motifs is 1. The molecule has 0 amide bonds. The van der Waals surface area contributed by atoms with E-state index in [1.54, 1.807) is 12.1 Å². The Kier molecular flexibility index (Phi) is 6.74. The molecule has 30 heavy (non-hydrogen) atoms. The maximum Gasteiger partial charge on any atom is 0.131 e. The van der Waals surface area contributed by atoms with Gasteiger partial charge < -0.3 is 10.1 Å². The highest BCUT2D eigenvalue weighted by Gasteiger charge is 2.25. The van der Waals surface area contributed by atoms with Crippen LogP contribution in [-0.2, 0) is 13.2 Å². The highest BCUT2D eigenvalue weighted by atomic mass is 35.5. The third-order valence-corrected chi connectivity index (χ3v) is 5.50. The minimum atomic E-state index is -0.353. The van der Waals surface area contributed by atoms with Crippen LogP contribution in [0, 0.1) is 11.2 Å². The smallest absolute Gasteiger partial charge is 0.131 e. The summed E-state index contributed by atoms with van der Waals surface area (Å²) in [5.41, 5.74) is 1.62. The van der Waals surface area contributed by atoms with Crippen LogP contribution in [0.2, 0.25) is 5.02 Å². The molecule has 0 aliphatic heterocycles. The molecule has 0 fully saturated rings. The van der Waals surface area contributed by atoms with E-state index in [1.165, 1.54) is 6.07 Å². The predicted octanol–water partition coefficient (Wildman–Crippen LogP) is 7.52. The molecule has 0 bridgehead atoms. The van der Waals surface area contributed by atoms with E-state index in [1.807, 2.05) is 24.3 Å². The van der Waals surface area contributed by atoms with E-state index in [9.17, 15) is 4.39 Å². The minimum absolute atomic E-state index is 0.0404. The van der Waals surface area contributed by atoms with Crippen LogP contribution < -0.4 is 10.1 Å². The number of halogens is 2. The molecule has 3 aromatic carbocycles. The van der Waals surface area contributed by atoms with Crippen molar-refractivity contribution in [3.05, 3.63) is 76.6 Å². The summed E-state index contributed by atoms with van der Waals surface area (Å²) >= 11 is 6.18. The van der Waals surface area contributed by atoms with E-state index in [2.05, 4.69) is 52.1 Å². The number of ether oxygens (including phenoxy) is 1. The Bertz CT molecular complexity index is 1000. The number of hydrogen-bond donors (Lipinski definition) is 1. The van der Waals surface area contributed by atoms with Gasteiger partial charge in [-0.2, -0.15) is 0 Å². The lowest BCUT2D eigenvalue weighted by Crippen LogP contribution is -2.41. The largest absolute Gasteiger partial charge is 0.488 e. The van der Waals surface area contributed by atoms with Gasteiger partial charge in [0.1, 0.15) is 18.2 Å². The maximum absolute atomic E-state index is 14.2. The number of hydrogen-bond acceptors (Lipinski definition) is 2. The molecule has 0 saturated carbocycles. The lowest BCUT2D eigenvalue weighted by Gasteiger charge is -2.34. The highest BCUT2D eigenvalue weighted by molar-refractivity contribution is 6.31. The Balaban J connectivity index is 1.89. The van der Waals surface area contributed by atoms with Gasteiger partial charge in [-0.1, -0.05) is 68.8 Å². The first-order chi connectivity index (χ1) is 14.1. The summed E-state index contributed by atoms with van der Waals surface area (Å²) in [5, 5.41) is 6.37. The summed E-state index contributed by atoms with van der Waals surface area (Å²) in [7, 11) is 0. The Hall–Kier alpha value is -2.10. The van der Waals surface area contributed by atoms with Gasteiger partial charge in [0, 0.05) is 23.2 Å². The van der Waals surface area contributed by atoms with Crippen LogP contribution in [0.4, 0.5) is 4.39 Å². The molecule has 0 aromatic heterocycles. The average Bonchev–Trinajstić information content (AvgIpc) is 2.64. The van der Waals surface area contributed by atoms with Crippen molar-refractivity contribution in [3.8, 4) is 5.75 Å². The molecule has 0 spiro atoms. The van der Waals surface area contributed by atoms with Gasteiger partial charge in [0.2, 0.25) is 0 Å². The lowest BCUT2D eigenvalue weighted by atomic mass is 9.81. The topological polar surface area (TPSA) is 21.3 Å². The van der Waals surface area contributed by atoms with Crippen molar-refractivity contribution in [2.75, 3.05) is 0 Å². The van der Waals surface area contributed by atoms with Crippen LogP contribution in [0.25, 0.3) is 10.8 Å². The Labute approximate surface area is 184 Å². The summed E-state index contributed by atoms with van der Waals surface area (Å²) in [6.45, 7) is 11.9. The summed E-state index contributed by atoms with van der Waals surface area (Å²) in [5.74, 6) is 0.390. The number of rotatable bonds is 7. The molecule has 3 rings (SSSR count). The van der Waals surface area contributed by atoms with Crippen LogP contribution in [0.3, 0.4) is 0 Å². The monoisotopic (exact) mass is 427 g/mol. The normalized spacial score (nSPS) is 12.4. The van der Waals surface area contributed by atoms with Crippen molar-refractivity contribution >= 4 is 22.4 Å². The van der Waals surface area contributed by atoms with Crippen LogP contribution in [0.5, 0.6) is 5.75 Å². The van der Waals surface area contributed by atoms with E-state index in [-0.39, 0.29) is 23.4 Å². The standard InChI is InChI=1S/C26H31ClFNO/c1-25(2,3)17-26(4,5)29-15-20-19-10-7-6-9-18(19)13-14-24(20)30-16-21-22(27)11-8-12-23(21)28/h6-14,29H,15-17H2,1-5H3. The van der Waals surface area contributed by atoms with Gasteiger partial charge in [-0.05, 0) is 54.7 Å². The van der Waals surface area contributed by atoms with Gasteiger partial charge in [0.25, 0.3) is 0 Å². The van der Waals surface area contributed by atoms with Crippen molar-refractivity contribution in [1.29, 1.82) is 0 Å². The van der Waals surface area contributed by atoms with Crippen LogP contribution >= 0.6 is 11.6 Å². The molecule has 0 saturated heterocycles. The first kappa shape index (κ1) is 22.6. The average molecular weight is 428 g/mol. The Morgan fingerprint density at radius 3 is 2.33 bits per heavy atom. The zero-order valence-corrected chi connectivity index (χ0v) is 19.2. The Morgan fingerprint density at radius 1 is 0.900 bits per heavy atom. The van der Waals surface area contributed by atoms with E-state index >= 15 is 0 Å².